The van der Waals surface area contributed by atoms with Crippen LogP contribution in [-0.2, 0) is 0 Å². The lowest BCUT2D eigenvalue weighted by atomic mass is 9.92. The molecule has 1 aliphatic heterocycles. The summed E-state index contributed by atoms with van der Waals surface area (Å²) in [5.41, 5.74) is 0. The van der Waals surface area contributed by atoms with Gasteiger partial charge in [0.05, 0.1) is 6.04 Å². The van der Waals surface area contributed by atoms with Crippen LogP contribution < -0.4 is 5.32 Å². The summed E-state index contributed by atoms with van der Waals surface area (Å²) in [5.74, 6) is 2.81. The standard InChI is InChI=1S/C16H28N2O/c1-12(2)18-10-6-5-7-14(11-17-4)16(18)15-9-8-13(3)19-15/h8-9,12,14,16-17H,5-7,10-11H2,1-4H3. The Morgan fingerprint density at radius 2 is 2.16 bits per heavy atom. The monoisotopic (exact) mass is 264 g/mol. The van der Waals surface area contributed by atoms with Gasteiger partial charge in [-0.2, -0.15) is 0 Å². The largest absolute Gasteiger partial charge is 0.465 e. The molecule has 0 aliphatic carbocycles. The molecule has 0 radical (unpaired) electrons. The molecule has 0 aromatic carbocycles. The molecule has 1 aliphatic rings. The summed E-state index contributed by atoms with van der Waals surface area (Å²) in [5, 5.41) is 3.36. The highest BCUT2D eigenvalue weighted by atomic mass is 16.3. The van der Waals surface area contributed by atoms with Crippen molar-refractivity contribution >= 4 is 0 Å². The van der Waals surface area contributed by atoms with Crippen LogP contribution >= 0.6 is 0 Å². The lowest BCUT2D eigenvalue weighted by Crippen LogP contribution is -2.40. The van der Waals surface area contributed by atoms with Crippen LogP contribution in [0, 0.1) is 12.8 Å². The van der Waals surface area contributed by atoms with Crippen LogP contribution in [0.5, 0.6) is 0 Å². The number of likely N-dealkylation sites (tertiary alicyclic amines) is 1. The highest BCUT2D eigenvalue weighted by Gasteiger charge is 2.33. The van der Waals surface area contributed by atoms with E-state index in [1.54, 1.807) is 0 Å². The molecular formula is C16H28N2O. The fraction of sp³-hybridized carbons (Fsp3) is 0.750. The van der Waals surface area contributed by atoms with Crippen molar-refractivity contribution in [1.29, 1.82) is 0 Å². The Hall–Kier alpha value is -0.800. The summed E-state index contributed by atoms with van der Waals surface area (Å²) in [4.78, 5) is 2.62. The molecule has 1 saturated heterocycles. The smallest absolute Gasteiger partial charge is 0.121 e. The average molecular weight is 264 g/mol. The molecular weight excluding hydrogens is 236 g/mol. The Labute approximate surface area is 117 Å². The van der Waals surface area contributed by atoms with Gasteiger partial charge in [-0.1, -0.05) is 6.42 Å². The average Bonchev–Trinajstić information content (AvgIpc) is 2.67. The van der Waals surface area contributed by atoms with Gasteiger partial charge in [0.1, 0.15) is 11.5 Å². The van der Waals surface area contributed by atoms with Crippen LogP contribution in [0.1, 0.15) is 50.7 Å². The molecule has 0 amide bonds. The molecule has 0 bridgehead atoms. The molecule has 19 heavy (non-hydrogen) atoms. The molecule has 2 rings (SSSR count). The molecule has 1 fully saturated rings. The van der Waals surface area contributed by atoms with Gasteiger partial charge in [-0.25, -0.2) is 0 Å². The Morgan fingerprint density at radius 3 is 2.74 bits per heavy atom. The molecule has 3 heteroatoms. The molecule has 1 aromatic rings. The fourth-order valence-electron chi connectivity index (χ4n) is 3.33. The van der Waals surface area contributed by atoms with Crippen molar-refractivity contribution in [1.82, 2.24) is 10.2 Å². The van der Waals surface area contributed by atoms with Crippen LogP contribution in [0.4, 0.5) is 0 Å². The Morgan fingerprint density at radius 1 is 1.37 bits per heavy atom. The molecule has 0 spiro atoms. The minimum atomic E-state index is 0.420. The van der Waals surface area contributed by atoms with Crippen molar-refractivity contribution in [2.45, 2.75) is 52.1 Å². The second-order valence-electron chi connectivity index (χ2n) is 6.04. The lowest BCUT2D eigenvalue weighted by Gasteiger charge is -2.36. The summed E-state index contributed by atoms with van der Waals surface area (Å²) in [6, 6.07) is 5.25. The minimum absolute atomic E-state index is 0.420. The molecule has 108 valence electrons. The number of hydrogen-bond acceptors (Lipinski definition) is 3. The predicted molar refractivity (Wildman–Crippen MR) is 79.3 cm³/mol. The molecule has 2 heterocycles. The highest BCUT2D eigenvalue weighted by molar-refractivity contribution is 5.12. The maximum Gasteiger partial charge on any atom is 0.121 e. The molecule has 3 nitrogen and oxygen atoms in total. The van der Waals surface area contributed by atoms with Crippen LogP contribution in [0.15, 0.2) is 16.5 Å². The number of nitrogens with zero attached hydrogens (tertiary/aromatic N) is 1. The van der Waals surface area contributed by atoms with E-state index in [-0.39, 0.29) is 0 Å². The maximum absolute atomic E-state index is 5.97. The zero-order valence-electron chi connectivity index (χ0n) is 12.8. The first-order valence-corrected chi connectivity index (χ1v) is 7.60. The number of aryl methyl sites for hydroxylation is 1. The summed E-state index contributed by atoms with van der Waals surface area (Å²) in [7, 11) is 2.05. The third kappa shape index (κ3) is 3.40. The molecule has 2 atom stereocenters. The van der Waals surface area contributed by atoms with Gasteiger partial charge in [0.25, 0.3) is 0 Å². The fourth-order valence-corrected chi connectivity index (χ4v) is 3.33. The van der Waals surface area contributed by atoms with E-state index in [2.05, 4.69) is 43.2 Å². The summed E-state index contributed by atoms with van der Waals surface area (Å²) >= 11 is 0. The SMILES string of the molecule is CNCC1CCCCN(C(C)C)C1c1ccc(C)o1. The van der Waals surface area contributed by atoms with Crippen molar-refractivity contribution < 1.29 is 4.42 Å². The van der Waals surface area contributed by atoms with E-state index in [1.165, 1.54) is 25.8 Å². The maximum atomic E-state index is 5.97. The molecule has 2 unspecified atom stereocenters. The number of rotatable bonds is 4. The zero-order valence-corrected chi connectivity index (χ0v) is 12.8. The van der Waals surface area contributed by atoms with Crippen molar-refractivity contribution in [3.63, 3.8) is 0 Å². The molecule has 0 saturated carbocycles. The lowest BCUT2D eigenvalue weighted by molar-refractivity contribution is 0.1000. The van der Waals surface area contributed by atoms with Gasteiger partial charge in [-0.15, -0.1) is 0 Å². The first-order chi connectivity index (χ1) is 9.13. The summed E-state index contributed by atoms with van der Waals surface area (Å²) in [6.45, 7) is 8.87. The Bertz CT molecular complexity index is 386. The van der Waals surface area contributed by atoms with Crippen LogP contribution in [-0.4, -0.2) is 31.1 Å². The van der Waals surface area contributed by atoms with Gasteiger partial charge in [-0.3, -0.25) is 4.90 Å². The van der Waals surface area contributed by atoms with Gasteiger partial charge in [0.15, 0.2) is 0 Å². The van der Waals surface area contributed by atoms with Crippen LogP contribution in [0.25, 0.3) is 0 Å². The van der Waals surface area contributed by atoms with E-state index in [1.807, 2.05) is 6.92 Å². The van der Waals surface area contributed by atoms with E-state index in [4.69, 9.17) is 4.42 Å². The second-order valence-corrected chi connectivity index (χ2v) is 6.04. The van der Waals surface area contributed by atoms with Gasteiger partial charge >= 0.3 is 0 Å². The Kier molecular flexibility index (Phi) is 5.06. The molecule has 1 N–H and O–H groups in total. The normalized spacial score (nSPS) is 25.7. The number of nitrogens with one attached hydrogen (secondary N) is 1. The first kappa shape index (κ1) is 14.6. The summed E-state index contributed by atoms with van der Waals surface area (Å²) < 4.78 is 5.97. The van der Waals surface area contributed by atoms with E-state index in [9.17, 15) is 0 Å². The summed E-state index contributed by atoms with van der Waals surface area (Å²) in [6.07, 6.45) is 3.91. The predicted octanol–water partition coefficient (Wildman–Crippen LogP) is 3.36. The van der Waals surface area contributed by atoms with Gasteiger partial charge in [0.2, 0.25) is 0 Å². The number of hydrogen-bond donors (Lipinski definition) is 1. The highest BCUT2D eigenvalue weighted by Crippen LogP contribution is 2.36. The number of furan rings is 1. The van der Waals surface area contributed by atoms with Crippen molar-refractivity contribution in [3.05, 3.63) is 23.7 Å². The minimum Gasteiger partial charge on any atom is -0.465 e. The second kappa shape index (κ2) is 6.58. The van der Waals surface area contributed by atoms with Gasteiger partial charge in [0, 0.05) is 6.04 Å². The van der Waals surface area contributed by atoms with Crippen LogP contribution in [0.2, 0.25) is 0 Å². The van der Waals surface area contributed by atoms with E-state index in [0.717, 1.165) is 18.1 Å². The van der Waals surface area contributed by atoms with Gasteiger partial charge < -0.3 is 9.73 Å². The topological polar surface area (TPSA) is 28.4 Å². The first-order valence-electron chi connectivity index (χ1n) is 7.60. The quantitative estimate of drug-likeness (QED) is 0.904. The molecule has 1 aromatic heterocycles. The van der Waals surface area contributed by atoms with E-state index >= 15 is 0 Å². The van der Waals surface area contributed by atoms with E-state index in [0.29, 0.717) is 18.0 Å². The Balaban J connectivity index is 2.30. The zero-order chi connectivity index (χ0) is 13.8. The third-order valence-electron chi connectivity index (χ3n) is 4.23. The van der Waals surface area contributed by atoms with Crippen molar-refractivity contribution in [3.8, 4) is 0 Å². The van der Waals surface area contributed by atoms with E-state index < -0.39 is 0 Å². The van der Waals surface area contributed by atoms with Crippen molar-refractivity contribution in [2.75, 3.05) is 20.1 Å². The third-order valence-corrected chi connectivity index (χ3v) is 4.23. The van der Waals surface area contributed by atoms with Crippen molar-refractivity contribution in [2.24, 2.45) is 5.92 Å². The van der Waals surface area contributed by atoms with Crippen LogP contribution in [0.3, 0.4) is 0 Å². The van der Waals surface area contributed by atoms with Gasteiger partial charge in [-0.05, 0) is 71.8 Å².